The second-order valence-corrected chi connectivity index (χ2v) is 7.37. The second-order valence-electron chi connectivity index (χ2n) is 6.05. The van der Waals surface area contributed by atoms with Crippen LogP contribution in [0.25, 0.3) is 0 Å². The van der Waals surface area contributed by atoms with E-state index in [1.54, 1.807) is 0 Å². The molecular weight excluding hydrogens is 304 g/mol. The van der Waals surface area contributed by atoms with Crippen LogP contribution in [0.15, 0.2) is 16.2 Å². The van der Waals surface area contributed by atoms with E-state index in [9.17, 15) is 0 Å². The molecule has 6 heteroatoms. The Morgan fingerprint density at radius 2 is 1.52 bits per heavy atom. The van der Waals surface area contributed by atoms with Crippen LogP contribution in [0.3, 0.4) is 0 Å². The summed E-state index contributed by atoms with van der Waals surface area (Å²) in [6.07, 6.45) is 0. The lowest BCUT2D eigenvalue weighted by atomic mass is 9.96. The smallest absolute Gasteiger partial charge is 0.194 e. The number of aryl methyl sites for hydroxylation is 2. The maximum atomic E-state index is 6.25. The molecule has 0 saturated heterocycles. The molecule has 0 spiro atoms. The minimum absolute atomic E-state index is 0.157. The minimum atomic E-state index is -0.157. The van der Waals surface area contributed by atoms with Crippen molar-refractivity contribution in [1.29, 1.82) is 0 Å². The fourth-order valence-electron chi connectivity index (χ4n) is 1.73. The topological polar surface area (TPSA) is 51.6 Å². The fourth-order valence-corrected chi connectivity index (χ4v) is 2.89. The average Bonchev–Trinajstić information content (AvgIpc) is 2.32. The van der Waals surface area contributed by atoms with Gasteiger partial charge in [-0.15, -0.1) is 0 Å². The molecule has 2 aromatic heterocycles. The first-order valence-corrected chi connectivity index (χ1v) is 7.91. The number of hydrogen-bond donors (Lipinski definition) is 0. The predicted octanol–water partition coefficient (Wildman–Crippen LogP) is 4.29. The van der Waals surface area contributed by atoms with E-state index in [0.29, 0.717) is 10.3 Å². The second kappa shape index (κ2) is 5.89. The highest BCUT2D eigenvalue weighted by molar-refractivity contribution is 7.99. The molecule has 0 aliphatic heterocycles. The SMILES string of the molecule is Cc1cc(C)nc(Sc2nc(C(C)(C)C)nc(Cl)c2C)n1. The van der Waals surface area contributed by atoms with Crippen molar-refractivity contribution in [1.82, 2.24) is 19.9 Å². The molecule has 0 aromatic carbocycles. The first kappa shape index (κ1) is 16.2. The summed E-state index contributed by atoms with van der Waals surface area (Å²) in [6.45, 7) is 12.0. The van der Waals surface area contributed by atoms with Gasteiger partial charge < -0.3 is 0 Å². The summed E-state index contributed by atoms with van der Waals surface area (Å²) in [5.74, 6) is 0.727. The molecule has 0 amide bonds. The van der Waals surface area contributed by atoms with Gasteiger partial charge in [0.25, 0.3) is 0 Å². The zero-order valence-corrected chi connectivity index (χ0v) is 14.7. The summed E-state index contributed by atoms with van der Waals surface area (Å²) in [4.78, 5) is 17.9. The molecule has 0 bridgehead atoms. The number of halogens is 1. The highest BCUT2D eigenvalue weighted by atomic mass is 35.5. The van der Waals surface area contributed by atoms with Gasteiger partial charge in [-0.05, 0) is 38.6 Å². The maximum Gasteiger partial charge on any atom is 0.194 e. The monoisotopic (exact) mass is 322 g/mol. The lowest BCUT2D eigenvalue weighted by Gasteiger charge is -2.18. The Morgan fingerprint density at radius 1 is 0.952 bits per heavy atom. The van der Waals surface area contributed by atoms with Gasteiger partial charge in [0.2, 0.25) is 0 Å². The molecule has 4 nitrogen and oxygen atoms in total. The average molecular weight is 323 g/mol. The lowest BCUT2D eigenvalue weighted by Crippen LogP contribution is -2.17. The molecule has 21 heavy (non-hydrogen) atoms. The van der Waals surface area contributed by atoms with E-state index in [1.807, 2.05) is 26.8 Å². The van der Waals surface area contributed by atoms with Crippen LogP contribution in [0.4, 0.5) is 0 Å². The van der Waals surface area contributed by atoms with Crippen LogP contribution in [0.1, 0.15) is 43.5 Å². The molecule has 0 atom stereocenters. The molecule has 0 saturated carbocycles. The van der Waals surface area contributed by atoms with Gasteiger partial charge in [0.05, 0.1) is 0 Å². The van der Waals surface area contributed by atoms with Gasteiger partial charge in [-0.3, -0.25) is 0 Å². The summed E-state index contributed by atoms with van der Waals surface area (Å²) >= 11 is 7.68. The van der Waals surface area contributed by atoms with Gasteiger partial charge in [-0.1, -0.05) is 32.4 Å². The van der Waals surface area contributed by atoms with Crippen molar-refractivity contribution in [2.75, 3.05) is 0 Å². The van der Waals surface area contributed by atoms with Gasteiger partial charge in [0.15, 0.2) is 5.16 Å². The molecule has 2 rings (SSSR count). The Hall–Kier alpha value is -1.20. The highest BCUT2D eigenvalue weighted by Crippen LogP contribution is 2.31. The molecular formula is C15H19ClN4S. The highest BCUT2D eigenvalue weighted by Gasteiger charge is 2.21. The first-order valence-electron chi connectivity index (χ1n) is 6.71. The Kier molecular flexibility index (Phi) is 4.54. The Bertz CT molecular complexity index is 660. The fraction of sp³-hybridized carbons (Fsp3) is 0.467. The van der Waals surface area contributed by atoms with E-state index in [-0.39, 0.29) is 5.41 Å². The van der Waals surface area contributed by atoms with Crippen LogP contribution in [-0.4, -0.2) is 19.9 Å². The Morgan fingerprint density at radius 3 is 2.05 bits per heavy atom. The molecule has 0 aliphatic rings. The van der Waals surface area contributed by atoms with Crippen LogP contribution >= 0.6 is 23.4 Å². The zero-order chi connectivity index (χ0) is 15.8. The molecule has 0 aliphatic carbocycles. The lowest BCUT2D eigenvalue weighted by molar-refractivity contribution is 0.537. The first-order chi connectivity index (χ1) is 9.66. The van der Waals surface area contributed by atoms with Gasteiger partial charge in [0.1, 0.15) is 16.0 Å². The predicted molar refractivity (Wildman–Crippen MR) is 86.1 cm³/mol. The Labute approximate surface area is 134 Å². The molecule has 2 aromatic rings. The maximum absolute atomic E-state index is 6.25. The van der Waals surface area contributed by atoms with Crippen molar-refractivity contribution in [3.05, 3.63) is 34.0 Å². The van der Waals surface area contributed by atoms with Crippen molar-refractivity contribution in [3.8, 4) is 0 Å². The molecule has 2 heterocycles. The minimum Gasteiger partial charge on any atom is -0.228 e. The van der Waals surface area contributed by atoms with E-state index >= 15 is 0 Å². The van der Waals surface area contributed by atoms with Crippen LogP contribution < -0.4 is 0 Å². The van der Waals surface area contributed by atoms with Crippen LogP contribution in [0.5, 0.6) is 0 Å². The molecule has 112 valence electrons. The summed E-state index contributed by atoms with van der Waals surface area (Å²) < 4.78 is 0. The summed E-state index contributed by atoms with van der Waals surface area (Å²) in [5, 5.41) is 1.98. The number of rotatable bonds is 2. The van der Waals surface area contributed by atoms with E-state index in [1.165, 1.54) is 11.8 Å². The van der Waals surface area contributed by atoms with Gasteiger partial charge in [-0.25, -0.2) is 19.9 Å². The third-order valence-electron chi connectivity index (χ3n) is 2.86. The van der Waals surface area contributed by atoms with E-state index < -0.39 is 0 Å². The van der Waals surface area contributed by atoms with Crippen molar-refractivity contribution in [2.45, 2.75) is 57.1 Å². The quantitative estimate of drug-likeness (QED) is 0.609. The number of nitrogens with zero attached hydrogens (tertiary/aromatic N) is 4. The summed E-state index contributed by atoms with van der Waals surface area (Å²) in [6, 6.07) is 1.95. The van der Waals surface area contributed by atoms with Crippen LogP contribution in [-0.2, 0) is 5.41 Å². The van der Waals surface area contributed by atoms with E-state index in [2.05, 4.69) is 40.7 Å². The summed E-state index contributed by atoms with van der Waals surface area (Å²) in [7, 11) is 0. The van der Waals surface area contributed by atoms with Gasteiger partial charge in [-0.2, -0.15) is 0 Å². The Balaban J connectivity index is 2.46. The summed E-state index contributed by atoms with van der Waals surface area (Å²) in [5.41, 5.74) is 2.59. The van der Waals surface area contributed by atoms with Gasteiger partial charge >= 0.3 is 0 Å². The van der Waals surface area contributed by atoms with Crippen molar-refractivity contribution < 1.29 is 0 Å². The molecule has 0 unspecified atom stereocenters. The van der Waals surface area contributed by atoms with Crippen molar-refractivity contribution in [3.63, 3.8) is 0 Å². The van der Waals surface area contributed by atoms with Crippen molar-refractivity contribution >= 4 is 23.4 Å². The zero-order valence-electron chi connectivity index (χ0n) is 13.2. The normalized spacial score (nSPS) is 11.8. The van der Waals surface area contributed by atoms with Crippen LogP contribution in [0.2, 0.25) is 5.15 Å². The standard InChI is InChI=1S/C15H19ClN4S/c1-8-7-9(2)18-14(17-8)21-12-10(3)11(16)19-13(20-12)15(4,5)6/h7H,1-6H3. The third kappa shape index (κ3) is 3.92. The van der Waals surface area contributed by atoms with E-state index in [4.69, 9.17) is 11.6 Å². The molecule has 0 N–H and O–H groups in total. The third-order valence-corrected chi connectivity index (χ3v) is 4.19. The number of hydrogen-bond acceptors (Lipinski definition) is 5. The van der Waals surface area contributed by atoms with Crippen molar-refractivity contribution in [2.24, 2.45) is 0 Å². The molecule has 0 radical (unpaired) electrons. The van der Waals surface area contributed by atoms with E-state index in [0.717, 1.165) is 27.8 Å². The largest absolute Gasteiger partial charge is 0.228 e. The number of aromatic nitrogens is 4. The van der Waals surface area contributed by atoms with Crippen LogP contribution in [0, 0.1) is 20.8 Å². The van der Waals surface area contributed by atoms with Gasteiger partial charge in [0, 0.05) is 22.4 Å². The molecule has 0 fully saturated rings.